The van der Waals surface area contributed by atoms with Crippen molar-refractivity contribution in [1.82, 2.24) is 9.78 Å². The molecule has 0 aliphatic rings. The molecule has 0 aliphatic heterocycles. The Labute approximate surface area is 181 Å². The van der Waals surface area contributed by atoms with Crippen LogP contribution in [0.25, 0.3) is 22.4 Å². The number of carbonyl (C=O) groups excluding carboxylic acids is 1. The number of anilines is 1. The minimum atomic E-state index is -1.12. The van der Waals surface area contributed by atoms with Crippen LogP contribution in [0.5, 0.6) is 0 Å². The van der Waals surface area contributed by atoms with E-state index in [1.807, 2.05) is 30.3 Å². The lowest BCUT2D eigenvalue weighted by Gasteiger charge is -2.05. The van der Waals surface area contributed by atoms with Gasteiger partial charge in [-0.1, -0.05) is 54.1 Å². The maximum atomic E-state index is 12.8. The minimum Gasteiger partial charge on any atom is -0.478 e. The van der Waals surface area contributed by atoms with Gasteiger partial charge in [0.15, 0.2) is 5.69 Å². The molecule has 150 valence electrons. The summed E-state index contributed by atoms with van der Waals surface area (Å²) in [5, 5.41) is 19.2. The van der Waals surface area contributed by atoms with E-state index in [0.29, 0.717) is 16.1 Å². The first kappa shape index (κ1) is 19.9. The van der Waals surface area contributed by atoms with Crippen LogP contribution in [0.15, 0.2) is 66.0 Å². The normalized spacial score (nSPS) is 10.7. The molecule has 0 radical (unpaired) electrons. The Morgan fingerprint density at radius 1 is 1.07 bits per heavy atom. The first-order valence-electron chi connectivity index (χ1n) is 8.95. The lowest BCUT2D eigenvalue weighted by Crippen LogP contribution is -2.14. The van der Waals surface area contributed by atoms with Crippen LogP contribution in [0.4, 0.5) is 5.00 Å². The Balaban J connectivity index is 1.64. The number of aromatic nitrogens is 2. The molecule has 8 heteroatoms. The van der Waals surface area contributed by atoms with Gasteiger partial charge in [-0.3, -0.25) is 9.48 Å². The van der Waals surface area contributed by atoms with Gasteiger partial charge in [-0.2, -0.15) is 5.10 Å². The molecular weight excluding hydrogens is 422 g/mol. The number of halogens is 1. The zero-order chi connectivity index (χ0) is 21.3. The minimum absolute atomic E-state index is 0.0369. The van der Waals surface area contributed by atoms with Crippen LogP contribution in [0.2, 0.25) is 5.02 Å². The number of hydrogen-bond acceptors (Lipinski definition) is 4. The molecule has 4 aromatic rings. The van der Waals surface area contributed by atoms with Crippen LogP contribution < -0.4 is 5.32 Å². The van der Waals surface area contributed by atoms with Crippen LogP contribution >= 0.6 is 22.9 Å². The zero-order valence-corrected chi connectivity index (χ0v) is 17.4. The molecule has 6 nitrogen and oxygen atoms in total. The first-order chi connectivity index (χ1) is 14.4. The molecule has 2 aromatic carbocycles. The van der Waals surface area contributed by atoms with Crippen molar-refractivity contribution in [1.29, 1.82) is 0 Å². The smallest absolute Gasteiger partial charge is 0.339 e. The predicted molar refractivity (Wildman–Crippen MR) is 118 cm³/mol. The number of carbonyl (C=O) groups is 2. The monoisotopic (exact) mass is 437 g/mol. The molecule has 2 aromatic heterocycles. The summed E-state index contributed by atoms with van der Waals surface area (Å²) in [7, 11) is 1.76. The number of nitrogens with one attached hydrogen (secondary N) is 1. The van der Waals surface area contributed by atoms with Crippen molar-refractivity contribution < 1.29 is 14.7 Å². The molecule has 0 saturated carbocycles. The van der Waals surface area contributed by atoms with Gasteiger partial charge >= 0.3 is 5.97 Å². The summed E-state index contributed by atoms with van der Waals surface area (Å²) in [5.41, 5.74) is 3.18. The van der Waals surface area contributed by atoms with Crippen molar-refractivity contribution in [3.8, 4) is 22.4 Å². The van der Waals surface area contributed by atoms with Crippen LogP contribution in [0.3, 0.4) is 0 Å². The van der Waals surface area contributed by atoms with Crippen molar-refractivity contribution in [2.45, 2.75) is 0 Å². The van der Waals surface area contributed by atoms with Crippen molar-refractivity contribution in [3.63, 3.8) is 0 Å². The summed E-state index contributed by atoms with van der Waals surface area (Å²) in [6.45, 7) is 0. The lowest BCUT2D eigenvalue weighted by molar-refractivity contribution is 0.0699. The topological polar surface area (TPSA) is 84.2 Å². The van der Waals surface area contributed by atoms with E-state index in [-0.39, 0.29) is 16.3 Å². The predicted octanol–water partition coefficient (Wildman–Crippen LogP) is 5.42. The number of amides is 1. The third-order valence-corrected chi connectivity index (χ3v) is 5.72. The highest BCUT2D eigenvalue weighted by molar-refractivity contribution is 7.15. The molecule has 2 heterocycles. The summed E-state index contributed by atoms with van der Waals surface area (Å²) < 4.78 is 1.62. The van der Waals surface area contributed by atoms with Gasteiger partial charge in [0.25, 0.3) is 5.91 Å². The van der Waals surface area contributed by atoms with Crippen LogP contribution in [0, 0.1) is 0 Å². The quantitative estimate of drug-likeness (QED) is 0.436. The summed E-state index contributed by atoms with van der Waals surface area (Å²) in [5.74, 6) is -1.60. The highest BCUT2D eigenvalue weighted by Crippen LogP contribution is 2.36. The van der Waals surface area contributed by atoms with Gasteiger partial charge in [0.1, 0.15) is 10.6 Å². The van der Waals surface area contributed by atoms with Crippen LogP contribution in [0.1, 0.15) is 20.8 Å². The highest BCUT2D eigenvalue weighted by atomic mass is 35.5. The van der Waals surface area contributed by atoms with Gasteiger partial charge < -0.3 is 10.4 Å². The van der Waals surface area contributed by atoms with Gasteiger partial charge in [0, 0.05) is 23.0 Å². The van der Waals surface area contributed by atoms with Gasteiger partial charge in [-0.15, -0.1) is 11.3 Å². The summed E-state index contributed by atoms with van der Waals surface area (Å²) in [6, 6.07) is 18.1. The number of nitrogens with zero attached hydrogens (tertiary/aromatic N) is 2. The van der Waals surface area contributed by atoms with E-state index in [4.69, 9.17) is 11.6 Å². The second-order valence-electron chi connectivity index (χ2n) is 6.52. The Bertz CT molecular complexity index is 1230. The van der Waals surface area contributed by atoms with Gasteiger partial charge in [-0.25, -0.2) is 4.79 Å². The van der Waals surface area contributed by atoms with E-state index in [9.17, 15) is 14.7 Å². The fourth-order valence-corrected chi connectivity index (χ4v) is 4.21. The second kappa shape index (κ2) is 8.14. The zero-order valence-electron chi connectivity index (χ0n) is 15.8. The van der Waals surface area contributed by atoms with Crippen molar-refractivity contribution in [2.75, 3.05) is 5.32 Å². The fourth-order valence-electron chi connectivity index (χ4n) is 3.13. The van der Waals surface area contributed by atoms with Gasteiger partial charge in [-0.05, 0) is 29.3 Å². The maximum Gasteiger partial charge on any atom is 0.339 e. The van der Waals surface area contributed by atoms with Crippen LogP contribution in [-0.4, -0.2) is 26.8 Å². The highest BCUT2D eigenvalue weighted by Gasteiger charge is 2.23. The van der Waals surface area contributed by atoms with E-state index in [0.717, 1.165) is 22.6 Å². The van der Waals surface area contributed by atoms with E-state index in [1.165, 1.54) is 0 Å². The Morgan fingerprint density at radius 2 is 1.77 bits per heavy atom. The molecule has 0 unspecified atom stereocenters. The number of carboxylic acids is 1. The average Bonchev–Trinajstić information content (AvgIpc) is 3.33. The van der Waals surface area contributed by atoms with Gasteiger partial charge in [0.05, 0.1) is 5.69 Å². The Hall–Kier alpha value is -3.42. The number of rotatable bonds is 5. The Morgan fingerprint density at radius 3 is 2.43 bits per heavy atom. The fraction of sp³-hybridized carbons (Fsp3) is 0.0455. The lowest BCUT2D eigenvalue weighted by atomic mass is 10.0. The van der Waals surface area contributed by atoms with Crippen LogP contribution in [-0.2, 0) is 7.05 Å². The van der Waals surface area contributed by atoms with E-state index in [2.05, 4.69) is 10.4 Å². The SMILES string of the molecule is Cn1nc(C(=O)Nc2scc(-c3ccc(Cl)cc3)c2C(=O)O)cc1-c1ccccc1. The molecule has 30 heavy (non-hydrogen) atoms. The van der Waals surface area contributed by atoms with Crippen molar-refractivity contribution in [2.24, 2.45) is 7.05 Å². The van der Waals surface area contributed by atoms with Crippen molar-refractivity contribution >= 4 is 39.8 Å². The molecule has 2 N–H and O–H groups in total. The molecular formula is C22H16ClN3O3S. The summed E-state index contributed by atoms with van der Waals surface area (Å²) >= 11 is 7.08. The number of aryl methyl sites for hydroxylation is 1. The molecule has 1 amide bonds. The maximum absolute atomic E-state index is 12.8. The summed E-state index contributed by atoms with van der Waals surface area (Å²) in [4.78, 5) is 24.7. The second-order valence-corrected chi connectivity index (χ2v) is 7.84. The third-order valence-electron chi connectivity index (χ3n) is 4.57. The molecule has 0 bridgehead atoms. The number of thiophene rings is 1. The third kappa shape index (κ3) is 3.85. The van der Waals surface area contributed by atoms with E-state index < -0.39 is 11.9 Å². The average molecular weight is 438 g/mol. The molecule has 0 saturated heterocycles. The molecule has 4 rings (SSSR count). The number of aromatic carboxylic acids is 1. The number of hydrogen-bond donors (Lipinski definition) is 2. The van der Waals surface area contributed by atoms with E-state index in [1.54, 1.807) is 47.4 Å². The molecule has 0 fully saturated rings. The molecule has 0 atom stereocenters. The number of carboxylic acid groups (broad SMARTS) is 1. The van der Waals surface area contributed by atoms with Gasteiger partial charge in [0.2, 0.25) is 0 Å². The molecule has 0 aliphatic carbocycles. The largest absolute Gasteiger partial charge is 0.478 e. The first-order valence-corrected chi connectivity index (χ1v) is 10.2. The molecule has 0 spiro atoms. The Kier molecular flexibility index (Phi) is 5.39. The van der Waals surface area contributed by atoms with E-state index >= 15 is 0 Å². The summed E-state index contributed by atoms with van der Waals surface area (Å²) in [6.07, 6.45) is 0. The standard InChI is InChI=1S/C22H16ClN3O3S/c1-26-18(14-5-3-2-4-6-14)11-17(25-26)20(27)24-21-19(22(28)29)16(12-30-21)13-7-9-15(23)10-8-13/h2-12H,1H3,(H,24,27)(H,28,29). The van der Waals surface area contributed by atoms with Crippen molar-refractivity contribution in [3.05, 3.63) is 82.3 Å². The number of benzene rings is 2.